The van der Waals surface area contributed by atoms with E-state index in [0.717, 1.165) is 51.4 Å². The van der Waals surface area contributed by atoms with Gasteiger partial charge in [-0.15, -0.1) is 0 Å². The topological polar surface area (TPSA) is 95.9 Å². The Kier molecular flexibility index (Phi) is 61.0. The van der Waals surface area contributed by atoms with E-state index in [2.05, 4.69) is 43.5 Å². The number of allylic oxidation sites excluding steroid dienone is 5. The number of hydrogen-bond acceptors (Lipinski definition) is 5. The van der Waals surface area contributed by atoms with Gasteiger partial charge in [0.2, 0.25) is 5.91 Å². The molecule has 0 spiro atoms. The van der Waals surface area contributed by atoms with Crippen molar-refractivity contribution in [3.8, 4) is 0 Å². The molecular weight excluding hydrogens is 899 g/mol. The maximum atomic E-state index is 12.4. The Labute approximate surface area is 455 Å². The van der Waals surface area contributed by atoms with E-state index in [9.17, 15) is 19.8 Å². The number of rotatable bonds is 61. The van der Waals surface area contributed by atoms with Gasteiger partial charge in [-0.05, 0) is 64.2 Å². The van der Waals surface area contributed by atoms with E-state index in [0.29, 0.717) is 19.4 Å². The monoisotopic (exact) mass is 1030 g/mol. The van der Waals surface area contributed by atoms with Gasteiger partial charge in [0, 0.05) is 12.8 Å². The second kappa shape index (κ2) is 62.6. The van der Waals surface area contributed by atoms with Crippen molar-refractivity contribution in [2.45, 2.75) is 366 Å². The maximum Gasteiger partial charge on any atom is 0.305 e. The fourth-order valence-corrected chi connectivity index (χ4v) is 10.1. The average molecular weight is 1030 g/mol. The van der Waals surface area contributed by atoms with E-state index < -0.39 is 12.1 Å². The van der Waals surface area contributed by atoms with Crippen molar-refractivity contribution in [1.29, 1.82) is 0 Å². The molecule has 6 nitrogen and oxygen atoms in total. The van der Waals surface area contributed by atoms with Gasteiger partial charge in [-0.25, -0.2) is 0 Å². The first-order valence-electron chi connectivity index (χ1n) is 32.8. The number of esters is 1. The molecule has 3 N–H and O–H groups in total. The molecule has 0 saturated heterocycles. The molecule has 0 aromatic carbocycles. The van der Waals surface area contributed by atoms with Crippen LogP contribution in [0, 0.1) is 0 Å². The molecule has 0 aliphatic rings. The van der Waals surface area contributed by atoms with Crippen molar-refractivity contribution in [1.82, 2.24) is 5.32 Å². The number of unbranched alkanes of at least 4 members (excludes halogenated alkanes) is 46. The Bertz CT molecular complexity index is 1180. The smallest absolute Gasteiger partial charge is 0.305 e. The molecule has 6 heteroatoms. The third-order valence-electron chi connectivity index (χ3n) is 15.2. The van der Waals surface area contributed by atoms with Gasteiger partial charge in [0.25, 0.3) is 0 Å². The summed E-state index contributed by atoms with van der Waals surface area (Å²) in [5.41, 5.74) is 0. The van der Waals surface area contributed by atoms with Crippen LogP contribution in [-0.2, 0) is 14.3 Å². The van der Waals surface area contributed by atoms with Crippen LogP contribution in [0.3, 0.4) is 0 Å². The number of nitrogens with one attached hydrogen (secondary N) is 1. The van der Waals surface area contributed by atoms with Crippen molar-refractivity contribution < 1.29 is 24.5 Å². The molecule has 0 aliphatic carbocycles. The van der Waals surface area contributed by atoms with Gasteiger partial charge in [-0.2, -0.15) is 0 Å². The van der Waals surface area contributed by atoms with E-state index in [1.165, 1.54) is 276 Å². The van der Waals surface area contributed by atoms with Crippen LogP contribution < -0.4 is 5.32 Å². The lowest BCUT2D eigenvalue weighted by Gasteiger charge is -2.20. The molecule has 0 aromatic heterocycles. The summed E-state index contributed by atoms with van der Waals surface area (Å²) in [4.78, 5) is 24.5. The third-order valence-corrected chi connectivity index (χ3v) is 15.2. The van der Waals surface area contributed by atoms with E-state index in [1.807, 2.05) is 6.08 Å². The molecule has 0 saturated carbocycles. The van der Waals surface area contributed by atoms with Gasteiger partial charge in [0.05, 0.1) is 25.4 Å². The lowest BCUT2D eigenvalue weighted by atomic mass is 10.0. The fraction of sp³-hybridized carbons (Fsp3) is 0.881. The Morgan fingerprint density at radius 2 is 0.685 bits per heavy atom. The summed E-state index contributed by atoms with van der Waals surface area (Å²) in [5.74, 6) is -0.0546. The molecule has 0 heterocycles. The summed E-state index contributed by atoms with van der Waals surface area (Å²) in [6, 6.07) is -0.623. The lowest BCUT2D eigenvalue weighted by molar-refractivity contribution is -0.143. The van der Waals surface area contributed by atoms with Gasteiger partial charge in [0.1, 0.15) is 0 Å². The SMILES string of the molecule is CCCCCC/C=C\C/C=C\CCCCCCCCCC(=O)OCCCCCCCCCCCCCCCCCCCCCCCCCCCCCCCC(=O)NC(CO)C(O)/C=C/CCCCCCCCC. The van der Waals surface area contributed by atoms with E-state index >= 15 is 0 Å². The summed E-state index contributed by atoms with van der Waals surface area (Å²) in [6.45, 7) is 4.87. The molecule has 430 valence electrons. The average Bonchev–Trinajstić information content (AvgIpc) is 3.39. The van der Waals surface area contributed by atoms with Crippen LogP contribution in [0.5, 0.6) is 0 Å². The molecule has 0 rings (SSSR count). The number of carbonyl (C=O) groups excluding carboxylic acids is 2. The number of carbonyl (C=O) groups is 2. The van der Waals surface area contributed by atoms with Crippen LogP contribution in [0.4, 0.5) is 0 Å². The first kappa shape index (κ1) is 71.1. The van der Waals surface area contributed by atoms with Crippen LogP contribution in [0.15, 0.2) is 36.5 Å². The normalized spacial score (nSPS) is 12.8. The quantitative estimate of drug-likeness (QED) is 0.0320. The van der Waals surface area contributed by atoms with Crippen molar-refractivity contribution in [2.24, 2.45) is 0 Å². The van der Waals surface area contributed by atoms with Gasteiger partial charge in [-0.1, -0.05) is 314 Å². The van der Waals surface area contributed by atoms with Gasteiger partial charge in [-0.3, -0.25) is 9.59 Å². The van der Waals surface area contributed by atoms with Crippen LogP contribution in [0.2, 0.25) is 0 Å². The number of amides is 1. The molecular formula is C67H127NO5. The number of aliphatic hydroxyl groups is 2. The summed E-state index contributed by atoms with van der Waals surface area (Å²) in [7, 11) is 0. The predicted octanol–water partition coefficient (Wildman–Crippen LogP) is 20.8. The Morgan fingerprint density at radius 3 is 1.05 bits per heavy atom. The molecule has 73 heavy (non-hydrogen) atoms. The highest BCUT2D eigenvalue weighted by Gasteiger charge is 2.18. The summed E-state index contributed by atoms with van der Waals surface area (Å²) in [6.07, 6.45) is 79.4. The highest BCUT2D eigenvalue weighted by molar-refractivity contribution is 5.76. The molecule has 2 atom stereocenters. The van der Waals surface area contributed by atoms with Crippen molar-refractivity contribution in [3.63, 3.8) is 0 Å². The molecule has 2 unspecified atom stereocenters. The minimum absolute atomic E-state index is 0.0118. The first-order valence-corrected chi connectivity index (χ1v) is 32.8. The minimum atomic E-state index is -0.839. The third kappa shape index (κ3) is 59.2. The maximum absolute atomic E-state index is 12.4. The minimum Gasteiger partial charge on any atom is -0.466 e. The van der Waals surface area contributed by atoms with Gasteiger partial charge in [0.15, 0.2) is 0 Å². The zero-order chi connectivity index (χ0) is 52.9. The second-order valence-electron chi connectivity index (χ2n) is 22.5. The molecule has 0 aliphatic heterocycles. The lowest BCUT2D eigenvalue weighted by Crippen LogP contribution is -2.45. The highest BCUT2D eigenvalue weighted by Crippen LogP contribution is 2.18. The van der Waals surface area contributed by atoms with Crippen LogP contribution in [0.25, 0.3) is 0 Å². The van der Waals surface area contributed by atoms with Gasteiger partial charge < -0.3 is 20.3 Å². The predicted molar refractivity (Wildman–Crippen MR) is 319 cm³/mol. The number of ether oxygens (including phenoxy) is 1. The Hall–Kier alpha value is -1.92. The first-order chi connectivity index (χ1) is 36.0. The molecule has 0 bridgehead atoms. The molecule has 0 radical (unpaired) electrons. The van der Waals surface area contributed by atoms with Crippen LogP contribution in [-0.4, -0.2) is 47.4 Å². The number of hydrogen-bond donors (Lipinski definition) is 3. The van der Waals surface area contributed by atoms with Gasteiger partial charge >= 0.3 is 5.97 Å². The van der Waals surface area contributed by atoms with Crippen LogP contribution in [0.1, 0.15) is 354 Å². The van der Waals surface area contributed by atoms with Crippen molar-refractivity contribution in [3.05, 3.63) is 36.5 Å². The standard InChI is InChI=1S/C67H127NO5/c1-3-5-7-9-11-13-14-15-16-17-32-35-38-41-45-49-53-57-61-67(72)73-62-58-54-50-46-42-39-36-33-30-28-26-24-22-20-18-19-21-23-25-27-29-31-34-37-40-44-48-52-56-60-66(71)68-64(63-69)65(70)59-55-51-47-43-12-10-8-6-4-2/h13-14,16-17,55,59,64-65,69-70H,3-12,15,18-54,56-58,60-63H2,1-2H3,(H,68,71)/b14-13-,17-16-,59-55+. The summed E-state index contributed by atoms with van der Waals surface area (Å²) < 4.78 is 5.50. The van der Waals surface area contributed by atoms with Crippen molar-refractivity contribution >= 4 is 11.9 Å². The second-order valence-corrected chi connectivity index (χ2v) is 22.5. The van der Waals surface area contributed by atoms with Crippen LogP contribution >= 0.6 is 0 Å². The summed E-state index contributed by atoms with van der Waals surface area (Å²) in [5, 5.41) is 23.0. The zero-order valence-electron chi connectivity index (χ0n) is 49.1. The van der Waals surface area contributed by atoms with E-state index in [-0.39, 0.29) is 18.5 Å². The molecule has 0 aromatic rings. The van der Waals surface area contributed by atoms with E-state index in [4.69, 9.17) is 4.74 Å². The molecule has 0 fully saturated rings. The fourth-order valence-electron chi connectivity index (χ4n) is 10.1. The number of aliphatic hydroxyl groups excluding tert-OH is 2. The highest BCUT2D eigenvalue weighted by atomic mass is 16.5. The Morgan fingerprint density at radius 1 is 0.384 bits per heavy atom. The molecule has 1 amide bonds. The van der Waals surface area contributed by atoms with E-state index in [1.54, 1.807) is 6.08 Å². The zero-order valence-corrected chi connectivity index (χ0v) is 49.1. The van der Waals surface area contributed by atoms with Crippen molar-refractivity contribution in [2.75, 3.05) is 13.2 Å². The summed E-state index contributed by atoms with van der Waals surface area (Å²) >= 11 is 0. The Balaban J connectivity index is 3.31. The largest absolute Gasteiger partial charge is 0.466 e.